The molecule has 2 rings (SSSR count). The quantitative estimate of drug-likeness (QED) is 0.170. The number of ether oxygens (including phenoxy) is 1. The molecule has 2 unspecified atom stereocenters. The van der Waals surface area contributed by atoms with E-state index in [2.05, 4.69) is 16.0 Å². The van der Waals surface area contributed by atoms with E-state index in [0.29, 0.717) is 32.5 Å². The Morgan fingerprint density at radius 3 is 2.54 bits per heavy atom. The second-order valence-electron chi connectivity index (χ2n) is 9.90. The molecule has 35 heavy (non-hydrogen) atoms. The average Bonchev–Trinajstić information content (AvgIpc) is 3.22. The molecule has 0 radical (unpaired) electrons. The number of carbonyl (C=O) groups excluding carboxylic acids is 3. The summed E-state index contributed by atoms with van der Waals surface area (Å²) in [5.41, 5.74) is -2.23. The van der Waals surface area contributed by atoms with Crippen molar-refractivity contribution in [2.45, 2.75) is 89.0 Å². The van der Waals surface area contributed by atoms with Crippen LogP contribution in [-0.4, -0.2) is 67.2 Å². The van der Waals surface area contributed by atoms with Gasteiger partial charge >= 0.3 is 6.09 Å². The highest BCUT2D eigenvalue weighted by Crippen LogP contribution is 2.27. The standard InChI is InChI=1S/C23H41N3O8S/c1-16(15-25-23(30)34-13-5-8-17-6-3-2-4-7-17)9-10-20(27)26-19(22(29)35(31,32)33)14-18-11-12-24-21(18)28/h16-19,22,29H,2-15H2,1H3,(H,24,28)(H,25,30)(H,26,27)(H,31,32,33)/t16?,18-,19-,22?/m0/s1. The van der Waals surface area contributed by atoms with Crippen LogP contribution in [0, 0.1) is 17.8 Å². The molecule has 2 fully saturated rings. The van der Waals surface area contributed by atoms with Gasteiger partial charge in [0.15, 0.2) is 0 Å². The summed E-state index contributed by atoms with van der Waals surface area (Å²) in [5, 5.41) is 17.7. The zero-order chi connectivity index (χ0) is 25.8. The number of amides is 3. The molecule has 1 heterocycles. The van der Waals surface area contributed by atoms with Crippen LogP contribution >= 0.6 is 0 Å². The highest BCUT2D eigenvalue weighted by Gasteiger charge is 2.36. The molecular weight excluding hydrogens is 478 g/mol. The van der Waals surface area contributed by atoms with Gasteiger partial charge in [-0.05, 0) is 43.9 Å². The van der Waals surface area contributed by atoms with Gasteiger partial charge < -0.3 is 25.8 Å². The van der Waals surface area contributed by atoms with Crippen LogP contribution in [-0.2, 0) is 24.4 Å². The van der Waals surface area contributed by atoms with Crippen LogP contribution in [0.2, 0.25) is 0 Å². The third-order valence-corrected chi connectivity index (χ3v) is 7.81. The lowest BCUT2D eigenvalue weighted by atomic mass is 9.86. The predicted molar refractivity (Wildman–Crippen MR) is 129 cm³/mol. The van der Waals surface area contributed by atoms with Crippen LogP contribution in [0.5, 0.6) is 0 Å². The first-order chi connectivity index (χ1) is 16.6. The van der Waals surface area contributed by atoms with Crippen LogP contribution in [0.1, 0.15) is 77.6 Å². The fraction of sp³-hybridized carbons (Fsp3) is 0.870. The summed E-state index contributed by atoms with van der Waals surface area (Å²) in [7, 11) is -4.82. The molecule has 1 aliphatic heterocycles. The number of hydrogen-bond donors (Lipinski definition) is 5. The molecule has 0 bridgehead atoms. The van der Waals surface area contributed by atoms with E-state index < -0.39 is 39.5 Å². The summed E-state index contributed by atoms with van der Waals surface area (Å²) >= 11 is 0. The van der Waals surface area contributed by atoms with Crippen LogP contribution < -0.4 is 16.0 Å². The minimum absolute atomic E-state index is 0.0187. The van der Waals surface area contributed by atoms with Crippen LogP contribution in [0.3, 0.4) is 0 Å². The molecule has 2 aliphatic rings. The summed E-state index contributed by atoms with van der Waals surface area (Å²) in [5.74, 6) is -0.676. The van der Waals surface area contributed by atoms with Crippen molar-refractivity contribution in [2.24, 2.45) is 17.8 Å². The Morgan fingerprint density at radius 1 is 1.20 bits per heavy atom. The highest BCUT2D eigenvalue weighted by atomic mass is 32.2. The van der Waals surface area contributed by atoms with E-state index in [1.807, 2.05) is 6.92 Å². The maximum absolute atomic E-state index is 12.4. The van der Waals surface area contributed by atoms with Gasteiger partial charge in [-0.15, -0.1) is 0 Å². The van der Waals surface area contributed by atoms with Crippen molar-refractivity contribution in [3.05, 3.63) is 0 Å². The molecule has 1 saturated heterocycles. The smallest absolute Gasteiger partial charge is 0.407 e. The Morgan fingerprint density at radius 2 is 1.91 bits per heavy atom. The van der Waals surface area contributed by atoms with Crippen molar-refractivity contribution in [2.75, 3.05) is 19.7 Å². The zero-order valence-electron chi connectivity index (χ0n) is 20.5. The Labute approximate surface area is 207 Å². The second-order valence-corrected chi connectivity index (χ2v) is 11.4. The topological polar surface area (TPSA) is 171 Å². The molecule has 5 N–H and O–H groups in total. The molecule has 4 atom stereocenters. The lowest BCUT2D eigenvalue weighted by Crippen LogP contribution is -2.48. The lowest BCUT2D eigenvalue weighted by Gasteiger charge is -2.24. The average molecular weight is 520 g/mol. The van der Waals surface area contributed by atoms with Gasteiger partial charge in [-0.2, -0.15) is 8.42 Å². The van der Waals surface area contributed by atoms with Crippen molar-refractivity contribution in [1.82, 2.24) is 16.0 Å². The first-order valence-corrected chi connectivity index (χ1v) is 14.2. The van der Waals surface area contributed by atoms with E-state index in [4.69, 9.17) is 4.74 Å². The summed E-state index contributed by atoms with van der Waals surface area (Å²) in [6, 6.07) is -1.32. The second kappa shape index (κ2) is 14.6. The lowest BCUT2D eigenvalue weighted by molar-refractivity contribution is -0.125. The van der Waals surface area contributed by atoms with E-state index in [1.165, 1.54) is 32.1 Å². The zero-order valence-corrected chi connectivity index (χ0v) is 21.4. The van der Waals surface area contributed by atoms with Crippen molar-refractivity contribution >= 4 is 28.0 Å². The molecular formula is C23H41N3O8S. The largest absolute Gasteiger partial charge is 0.450 e. The van der Waals surface area contributed by atoms with E-state index in [-0.39, 0.29) is 24.7 Å². The van der Waals surface area contributed by atoms with Gasteiger partial charge in [-0.25, -0.2) is 4.79 Å². The minimum Gasteiger partial charge on any atom is -0.450 e. The molecule has 1 saturated carbocycles. The van der Waals surface area contributed by atoms with Gasteiger partial charge in [0.1, 0.15) is 0 Å². The monoisotopic (exact) mass is 519 g/mol. The molecule has 1 aliphatic carbocycles. The Balaban J connectivity index is 1.66. The molecule has 3 amide bonds. The number of rotatable bonds is 14. The third-order valence-electron chi connectivity index (χ3n) is 6.87. The molecule has 0 aromatic heterocycles. The molecule has 11 nitrogen and oxygen atoms in total. The van der Waals surface area contributed by atoms with Crippen molar-refractivity contribution in [3.63, 3.8) is 0 Å². The first kappa shape index (κ1) is 29.3. The van der Waals surface area contributed by atoms with Gasteiger partial charge in [-0.1, -0.05) is 39.0 Å². The maximum atomic E-state index is 12.4. The van der Waals surface area contributed by atoms with Crippen molar-refractivity contribution < 1.29 is 37.2 Å². The first-order valence-electron chi connectivity index (χ1n) is 12.7. The van der Waals surface area contributed by atoms with Crippen LogP contribution in [0.25, 0.3) is 0 Å². The van der Waals surface area contributed by atoms with Gasteiger partial charge in [0, 0.05) is 25.4 Å². The van der Waals surface area contributed by atoms with Gasteiger partial charge in [0.25, 0.3) is 10.1 Å². The number of alkyl carbamates (subject to hydrolysis) is 1. The minimum atomic E-state index is -4.82. The van der Waals surface area contributed by atoms with Gasteiger partial charge in [0.05, 0.1) is 12.6 Å². The molecule has 0 spiro atoms. The fourth-order valence-electron chi connectivity index (χ4n) is 4.71. The van der Waals surface area contributed by atoms with E-state index in [9.17, 15) is 32.5 Å². The van der Waals surface area contributed by atoms with Crippen molar-refractivity contribution in [1.29, 1.82) is 0 Å². The predicted octanol–water partition coefficient (Wildman–Crippen LogP) is 1.71. The van der Waals surface area contributed by atoms with Crippen LogP contribution in [0.4, 0.5) is 4.79 Å². The summed E-state index contributed by atoms with van der Waals surface area (Å²) < 4.78 is 37.2. The molecule has 202 valence electrons. The number of carbonyl (C=O) groups is 3. The van der Waals surface area contributed by atoms with Crippen LogP contribution in [0.15, 0.2) is 0 Å². The number of aliphatic hydroxyl groups excluding tert-OH is 1. The van der Waals surface area contributed by atoms with E-state index in [1.54, 1.807) is 0 Å². The fourth-order valence-corrected chi connectivity index (χ4v) is 5.30. The number of aliphatic hydroxyl groups is 1. The molecule has 0 aromatic rings. The number of hydrogen-bond acceptors (Lipinski definition) is 7. The highest BCUT2D eigenvalue weighted by molar-refractivity contribution is 7.86. The summed E-state index contributed by atoms with van der Waals surface area (Å²) in [4.78, 5) is 36.1. The number of nitrogens with one attached hydrogen (secondary N) is 3. The Bertz CT molecular complexity index is 801. The van der Waals surface area contributed by atoms with Crippen molar-refractivity contribution in [3.8, 4) is 0 Å². The normalized spacial score (nSPS) is 21.6. The Hall–Kier alpha value is -1.92. The molecule has 12 heteroatoms. The van der Waals surface area contributed by atoms with E-state index >= 15 is 0 Å². The summed E-state index contributed by atoms with van der Waals surface area (Å²) in [6.45, 7) is 2.98. The Kier molecular flexibility index (Phi) is 12.2. The van der Waals surface area contributed by atoms with E-state index in [0.717, 1.165) is 18.8 Å². The van der Waals surface area contributed by atoms with Gasteiger partial charge in [-0.3, -0.25) is 14.1 Å². The molecule has 0 aromatic carbocycles. The SMILES string of the molecule is CC(CCC(=O)N[C@@H](C[C@@H]1CCNC1=O)C(O)S(=O)(=O)O)CNC(=O)OCCCC1CCCCC1. The van der Waals surface area contributed by atoms with Gasteiger partial charge in [0.2, 0.25) is 17.3 Å². The maximum Gasteiger partial charge on any atom is 0.407 e. The third kappa shape index (κ3) is 11.1. The summed E-state index contributed by atoms with van der Waals surface area (Å²) in [6.07, 6.45) is 8.64.